The quantitative estimate of drug-likeness (QED) is 0.746. The molecule has 0 aliphatic carbocycles. The molecule has 2 N–H and O–H groups in total. The smallest absolute Gasteiger partial charge is 0.331 e. The van der Waals surface area contributed by atoms with Crippen molar-refractivity contribution in [1.82, 2.24) is 14.5 Å². The molecular weight excluding hydrogens is 366 g/mol. The van der Waals surface area contributed by atoms with Crippen molar-refractivity contribution in [1.29, 1.82) is 0 Å². The van der Waals surface area contributed by atoms with E-state index in [9.17, 15) is 14.7 Å². The first kappa shape index (κ1) is 18.2. The summed E-state index contributed by atoms with van der Waals surface area (Å²) in [6.45, 7) is 4.37. The lowest BCUT2D eigenvalue weighted by Gasteiger charge is -2.35. The molecule has 2 aliphatic heterocycles. The van der Waals surface area contributed by atoms with Crippen LogP contribution in [0.5, 0.6) is 23.1 Å². The number of hydrogen-bond donors (Lipinski definition) is 2. The van der Waals surface area contributed by atoms with E-state index in [4.69, 9.17) is 14.2 Å². The Labute approximate surface area is 160 Å². The van der Waals surface area contributed by atoms with Crippen LogP contribution in [0, 0.1) is 0 Å². The van der Waals surface area contributed by atoms with Crippen molar-refractivity contribution in [2.24, 2.45) is 0 Å². The molecule has 0 fully saturated rings. The number of likely N-dealkylation sites (N-methyl/N-ethyl adjacent to an activating group) is 1. The van der Waals surface area contributed by atoms with Crippen molar-refractivity contribution in [2.45, 2.75) is 19.0 Å². The average Bonchev–Trinajstić information content (AvgIpc) is 3.13. The molecule has 28 heavy (non-hydrogen) atoms. The highest BCUT2D eigenvalue weighted by molar-refractivity contribution is 5.62. The summed E-state index contributed by atoms with van der Waals surface area (Å²) in [6, 6.07) is 1.22. The summed E-state index contributed by atoms with van der Waals surface area (Å²) >= 11 is 0. The Morgan fingerprint density at radius 3 is 2.93 bits per heavy atom. The van der Waals surface area contributed by atoms with Crippen LogP contribution in [0.25, 0.3) is 0 Å². The highest BCUT2D eigenvalue weighted by atomic mass is 16.7. The van der Waals surface area contributed by atoms with Crippen LogP contribution in [0.1, 0.15) is 22.7 Å². The van der Waals surface area contributed by atoms with E-state index in [1.165, 1.54) is 6.08 Å². The molecule has 0 spiro atoms. The summed E-state index contributed by atoms with van der Waals surface area (Å²) in [6.07, 6.45) is 2.15. The van der Waals surface area contributed by atoms with Gasteiger partial charge in [0.15, 0.2) is 11.5 Å². The van der Waals surface area contributed by atoms with Gasteiger partial charge in [0.1, 0.15) is 0 Å². The summed E-state index contributed by atoms with van der Waals surface area (Å²) < 4.78 is 17.7. The Balaban J connectivity index is 1.99. The number of aromatic hydroxyl groups is 1. The molecule has 0 saturated heterocycles. The van der Waals surface area contributed by atoms with E-state index in [-0.39, 0.29) is 24.8 Å². The zero-order valence-corrected chi connectivity index (χ0v) is 15.7. The van der Waals surface area contributed by atoms with Gasteiger partial charge in [-0.1, -0.05) is 6.08 Å². The van der Waals surface area contributed by atoms with Crippen LogP contribution in [0.15, 0.2) is 28.3 Å². The fourth-order valence-corrected chi connectivity index (χ4v) is 3.94. The molecule has 9 nitrogen and oxygen atoms in total. The monoisotopic (exact) mass is 387 g/mol. The second-order valence-corrected chi connectivity index (χ2v) is 6.74. The minimum absolute atomic E-state index is 0.0716. The minimum atomic E-state index is -0.687. The maximum absolute atomic E-state index is 12.7. The van der Waals surface area contributed by atoms with Crippen molar-refractivity contribution >= 4 is 0 Å². The van der Waals surface area contributed by atoms with Gasteiger partial charge in [-0.15, -0.1) is 6.58 Å². The zero-order valence-electron chi connectivity index (χ0n) is 15.7. The fourth-order valence-electron chi connectivity index (χ4n) is 3.94. The lowest BCUT2D eigenvalue weighted by Crippen LogP contribution is -2.40. The third kappa shape index (κ3) is 2.58. The predicted molar refractivity (Wildman–Crippen MR) is 100 cm³/mol. The number of benzene rings is 1. The van der Waals surface area contributed by atoms with Gasteiger partial charge in [-0.2, -0.15) is 0 Å². The van der Waals surface area contributed by atoms with Crippen LogP contribution >= 0.6 is 0 Å². The second kappa shape index (κ2) is 6.75. The third-order valence-corrected chi connectivity index (χ3v) is 5.20. The van der Waals surface area contributed by atoms with Gasteiger partial charge in [0.2, 0.25) is 18.4 Å². The lowest BCUT2D eigenvalue weighted by molar-refractivity contribution is 0.171. The van der Waals surface area contributed by atoms with E-state index < -0.39 is 17.3 Å². The number of hydrogen-bond acceptors (Lipinski definition) is 7. The predicted octanol–water partition coefficient (Wildman–Crippen LogP) is 0.743. The Morgan fingerprint density at radius 1 is 1.43 bits per heavy atom. The molecule has 0 radical (unpaired) electrons. The molecule has 3 heterocycles. The summed E-state index contributed by atoms with van der Waals surface area (Å²) in [5, 5.41) is 10.8. The number of nitrogens with zero attached hydrogens (tertiary/aromatic N) is 2. The molecule has 148 valence electrons. The Morgan fingerprint density at radius 2 is 2.21 bits per heavy atom. The van der Waals surface area contributed by atoms with E-state index in [2.05, 4.69) is 11.6 Å². The Kier molecular flexibility index (Phi) is 4.38. The highest BCUT2D eigenvalue weighted by Gasteiger charge is 2.37. The molecule has 1 aromatic carbocycles. The van der Waals surface area contributed by atoms with E-state index in [0.717, 1.165) is 15.7 Å². The van der Waals surface area contributed by atoms with E-state index in [1.807, 2.05) is 18.0 Å². The number of allylic oxidation sites excluding steroid dienone is 1. The van der Waals surface area contributed by atoms with Gasteiger partial charge in [-0.25, -0.2) is 4.79 Å². The number of fused-ring (bicyclic) bond motifs is 2. The number of aromatic nitrogens is 2. The van der Waals surface area contributed by atoms with Crippen LogP contribution in [0.2, 0.25) is 0 Å². The number of aromatic amines is 1. The molecule has 2 aromatic rings. The molecule has 0 bridgehead atoms. The summed E-state index contributed by atoms with van der Waals surface area (Å²) in [7, 11) is 3.41. The molecule has 2 aliphatic rings. The van der Waals surface area contributed by atoms with Gasteiger partial charge < -0.3 is 19.3 Å². The normalized spacial score (nSPS) is 18.0. The van der Waals surface area contributed by atoms with Gasteiger partial charge in [-0.05, 0) is 25.1 Å². The van der Waals surface area contributed by atoms with Gasteiger partial charge in [0.05, 0.1) is 18.7 Å². The molecule has 0 saturated carbocycles. The van der Waals surface area contributed by atoms with Gasteiger partial charge in [0.25, 0.3) is 5.56 Å². The number of H-pyrrole nitrogens is 1. The van der Waals surface area contributed by atoms with E-state index in [1.54, 1.807) is 7.11 Å². The number of nitrogens with one attached hydrogen (secondary N) is 1. The van der Waals surface area contributed by atoms with E-state index >= 15 is 0 Å². The fraction of sp³-hybridized carbons (Fsp3) is 0.368. The highest BCUT2D eigenvalue weighted by Crippen LogP contribution is 2.49. The molecular formula is C19H21N3O6. The first-order chi connectivity index (χ1) is 13.5. The molecule has 9 heteroatoms. The van der Waals surface area contributed by atoms with Crippen LogP contribution < -0.4 is 25.5 Å². The maximum Gasteiger partial charge on any atom is 0.331 e. The minimum Gasteiger partial charge on any atom is -0.494 e. The second-order valence-electron chi connectivity index (χ2n) is 6.74. The topological polar surface area (TPSA) is 106 Å². The Bertz CT molecular complexity index is 1070. The van der Waals surface area contributed by atoms with Crippen LogP contribution in [-0.2, 0) is 13.0 Å². The van der Waals surface area contributed by atoms with E-state index in [0.29, 0.717) is 30.2 Å². The molecule has 4 rings (SSSR count). The first-order valence-electron chi connectivity index (χ1n) is 8.84. The van der Waals surface area contributed by atoms with Crippen molar-refractivity contribution in [2.75, 3.05) is 27.5 Å². The lowest BCUT2D eigenvalue weighted by atomic mass is 9.88. The molecule has 0 unspecified atom stereocenters. The Hall–Kier alpha value is -3.20. The largest absolute Gasteiger partial charge is 0.494 e. The molecule has 1 atom stereocenters. The van der Waals surface area contributed by atoms with Gasteiger partial charge in [-0.3, -0.25) is 19.2 Å². The molecule has 1 aromatic heterocycles. The van der Waals surface area contributed by atoms with Crippen molar-refractivity contribution < 1.29 is 19.3 Å². The molecule has 0 amide bonds. The van der Waals surface area contributed by atoms with Crippen molar-refractivity contribution in [3.63, 3.8) is 0 Å². The standard InChI is InChI=1S/C19H21N3O6/c1-4-6-22-18(24)13(17(23)20-19(22)25)14-11-8-12-16(28-9-27-12)15(26-3)10(11)5-7-21(14)2/h4,8,14,24H,1,5-7,9H2,2-3H3,(H,20,23,25)/t14-/m1/s1. The zero-order chi connectivity index (χ0) is 20.0. The van der Waals surface area contributed by atoms with Crippen molar-refractivity contribution in [3.05, 3.63) is 56.2 Å². The first-order valence-corrected chi connectivity index (χ1v) is 8.84. The van der Waals surface area contributed by atoms with Crippen LogP contribution in [0.4, 0.5) is 0 Å². The van der Waals surface area contributed by atoms with Crippen molar-refractivity contribution in [3.8, 4) is 23.1 Å². The third-order valence-electron chi connectivity index (χ3n) is 5.20. The average molecular weight is 387 g/mol. The summed E-state index contributed by atoms with van der Waals surface area (Å²) in [5.74, 6) is 1.25. The summed E-state index contributed by atoms with van der Waals surface area (Å²) in [5.41, 5.74) is 0.414. The van der Waals surface area contributed by atoms with Crippen LogP contribution in [0.3, 0.4) is 0 Å². The number of rotatable bonds is 4. The number of ether oxygens (including phenoxy) is 3. The van der Waals surface area contributed by atoms with Gasteiger partial charge >= 0.3 is 5.69 Å². The van der Waals surface area contributed by atoms with Gasteiger partial charge in [0, 0.05) is 18.7 Å². The summed E-state index contributed by atoms with van der Waals surface area (Å²) in [4.78, 5) is 29.0. The SMILES string of the molecule is C=CCn1c(O)c([C@H]2c3cc4c(c(OC)c3CCN2C)OCO4)c(=O)[nH]c1=O. The van der Waals surface area contributed by atoms with Crippen LogP contribution in [-0.4, -0.2) is 47.1 Å². The maximum atomic E-state index is 12.7. The number of methoxy groups -OCH3 is 1.